The van der Waals surface area contributed by atoms with E-state index in [0.29, 0.717) is 23.6 Å². The number of rotatable bonds is 20. The molecule has 2 aromatic rings. The first-order valence-electron chi connectivity index (χ1n) is 15.4. The Balaban J connectivity index is 1.70. The first-order valence-corrected chi connectivity index (χ1v) is 16.9. The molecule has 3 heterocycles. The average molecular weight is 725 g/mol. The van der Waals surface area contributed by atoms with Gasteiger partial charge in [-0.25, -0.2) is 9.48 Å². The highest BCUT2D eigenvalue weighted by molar-refractivity contribution is 7.32. The van der Waals surface area contributed by atoms with E-state index in [4.69, 9.17) is 58.8 Å². The van der Waals surface area contributed by atoms with Crippen molar-refractivity contribution in [3.05, 3.63) is 11.5 Å². The normalized spacial score (nSPS) is 23.4. The molecule has 270 valence electrons. The second kappa shape index (κ2) is 18.7. The number of fused-ring (bicyclic) bond motifs is 1. The van der Waals surface area contributed by atoms with Crippen molar-refractivity contribution in [3.8, 4) is 0 Å². The molecule has 1 aliphatic heterocycles. The minimum atomic E-state index is -3.31. The number of anilines is 1. The fourth-order valence-electron chi connectivity index (χ4n) is 5.96. The lowest BCUT2D eigenvalue weighted by atomic mass is 9.97. The summed E-state index contributed by atoms with van der Waals surface area (Å²) in [7, 11) is 2.51. The summed E-state index contributed by atoms with van der Waals surface area (Å²) in [5.74, 6) is -2.84. The SMILES string of the molecule is CCOC(=O)C(COC)(OC[C@H]1OC[C@@H](n2ncc3c(N(COC)C4CCCC4)nc(Cl)nc32)[C@@H](OCOC)[C@@H]1OCOC)O[P+](=O)O. The summed E-state index contributed by atoms with van der Waals surface area (Å²) >= 11 is 6.51. The highest BCUT2D eigenvalue weighted by atomic mass is 35.5. The van der Waals surface area contributed by atoms with E-state index in [-0.39, 0.29) is 44.7 Å². The van der Waals surface area contributed by atoms with Crippen LogP contribution >= 0.6 is 19.9 Å². The van der Waals surface area contributed by atoms with Gasteiger partial charge in [-0.05, 0) is 31.4 Å². The van der Waals surface area contributed by atoms with E-state index >= 15 is 0 Å². The van der Waals surface area contributed by atoms with Gasteiger partial charge in [0.2, 0.25) is 5.28 Å². The van der Waals surface area contributed by atoms with Crippen LogP contribution in [0.2, 0.25) is 5.28 Å². The van der Waals surface area contributed by atoms with E-state index in [2.05, 4.69) is 20.0 Å². The van der Waals surface area contributed by atoms with Crippen LogP contribution in [0.15, 0.2) is 6.20 Å². The molecule has 6 atom stereocenters. The zero-order valence-corrected chi connectivity index (χ0v) is 29.3. The second-order valence-corrected chi connectivity index (χ2v) is 12.0. The quantitative estimate of drug-likeness (QED) is 0.0904. The third-order valence-electron chi connectivity index (χ3n) is 7.96. The molecule has 4 rings (SSSR count). The van der Waals surface area contributed by atoms with Crippen molar-refractivity contribution in [2.24, 2.45) is 0 Å². The Bertz CT molecular complexity index is 1340. The smallest absolute Gasteiger partial charge is 0.462 e. The number of halogens is 1. The van der Waals surface area contributed by atoms with Crippen LogP contribution in [0.3, 0.4) is 0 Å². The van der Waals surface area contributed by atoms with Crippen molar-refractivity contribution >= 4 is 42.7 Å². The van der Waals surface area contributed by atoms with Crippen LogP contribution in [0.5, 0.6) is 0 Å². The number of hydrogen-bond donors (Lipinski definition) is 1. The van der Waals surface area contributed by atoms with Crippen LogP contribution in [0.25, 0.3) is 11.0 Å². The number of carbonyl (C=O) groups excluding carboxylic acids is 1. The fraction of sp³-hybridized carbons (Fsp3) is 0.786. The molecule has 0 radical (unpaired) electrons. The molecule has 0 bridgehead atoms. The maximum absolute atomic E-state index is 12.9. The largest absolute Gasteiger partial charge is 0.698 e. The summed E-state index contributed by atoms with van der Waals surface area (Å²) in [6, 6.07) is -0.424. The maximum atomic E-state index is 12.9. The summed E-state index contributed by atoms with van der Waals surface area (Å²) in [6.07, 6.45) is 3.19. The number of esters is 1. The van der Waals surface area contributed by atoms with Crippen molar-refractivity contribution in [2.75, 3.05) is 80.1 Å². The second-order valence-electron chi connectivity index (χ2n) is 11.0. The van der Waals surface area contributed by atoms with Gasteiger partial charge >= 0.3 is 20.0 Å². The molecule has 2 aromatic heterocycles. The zero-order valence-electron chi connectivity index (χ0n) is 27.6. The van der Waals surface area contributed by atoms with Gasteiger partial charge in [0.1, 0.15) is 57.1 Å². The van der Waals surface area contributed by atoms with Gasteiger partial charge in [0.05, 0.1) is 31.4 Å². The van der Waals surface area contributed by atoms with Crippen LogP contribution in [0.4, 0.5) is 5.82 Å². The summed E-state index contributed by atoms with van der Waals surface area (Å²) in [5, 5.41) is 5.37. The lowest BCUT2D eigenvalue weighted by Crippen LogP contribution is -2.57. The molecule has 18 nitrogen and oxygen atoms in total. The lowest BCUT2D eigenvalue weighted by Gasteiger charge is -2.42. The Morgan fingerprint density at radius 3 is 2.44 bits per heavy atom. The van der Waals surface area contributed by atoms with Gasteiger partial charge in [0.25, 0.3) is 0 Å². The highest BCUT2D eigenvalue weighted by Crippen LogP contribution is 2.37. The summed E-state index contributed by atoms with van der Waals surface area (Å²) in [5.41, 5.74) is 0.436. The lowest BCUT2D eigenvalue weighted by molar-refractivity contribution is -0.271. The number of hydrogen-bond acceptors (Lipinski definition) is 16. The first-order chi connectivity index (χ1) is 23.2. The molecule has 2 aliphatic rings. The van der Waals surface area contributed by atoms with E-state index in [0.717, 1.165) is 25.7 Å². The van der Waals surface area contributed by atoms with E-state index in [9.17, 15) is 14.3 Å². The van der Waals surface area contributed by atoms with Gasteiger partial charge in [-0.2, -0.15) is 15.1 Å². The average Bonchev–Trinajstić information content (AvgIpc) is 3.75. The molecule has 48 heavy (non-hydrogen) atoms. The Hall–Kier alpha value is -2.19. The predicted molar refractivity (Wildman–Crippen MR) is 167 cm³/mol. The van der Waals surface area contributed by atoms with Crippen LogP contribution in [0.1, 0.15) is 38.6 Å². The molecule has 1 aliphatic carbocycles. The third kappa shape index (κ3) is 9.12. The maximum Gasteiger partial charge on any atom is 0.698 e. The summed E-state index contributed by atoms with van der Waals surface area (Å²) in [6.45, 7) is 0.580. The van der Waals surface area contributed by atoms with Crippen molar-refractivity contribution in [1.82, 2.24) is 19.7 Å². The van der Waals surface area contributed by atoms with E-state index in [1.165, 1.54) is 21.3 Å². The van der Waals surface area contributed by atoms with Gasteiger partial charge in [-0.1, -0.05) is 17.4 Å². The molecule has 1 N–H and O–H groups in total. The predicted octanol–water partition coefficient (Wildman–Crippen LogP) is 2.34. The Morgan fingerprint density at radius 1 is 1.10 bits per heavy atom. The molecule has 2 unspecified atom stereocenters. The van der Waals surface area contributed by atoms with Crippen LogP contribution in [-0.2, 0) is 56.5 Å². The highest BCUT2D eigenvalue weighted by Gasteiger charge is 2.53. The molecular weight excluding hydrogens is 681 g/mol. The number of ether oxygens (including phenoxy) is 9. The van der Waals surface area contributed by atoms with Crippen LogP contribution in [0, 0.1) is 0 Å². The first kappa shape index (κ1) is 38.6. The zero-order chi connectivity index (χ0) is 34.7. The van der Waals surface area contributed by atoms with Gasteiger partial charge in [-0.15, -0.1) is 4.89 Å². The fourth-order valence-corrected chi connectivity index (χ4v) is 6.55. The topological polar surface area (TPSA) is 194 Å². The van der Waals surface area contributed by atoms with Crippen molar-refractivity contribution in [1.29, 1.82) is 0 Å². The number of methoxy groups -OCH3 is 4. The van der Waals surface area contributed by atoms with Crippen LogP contribution in [-0.4, -0.2) is 136 Å². The van der Waals surface area contributed by atoms with Crippen molar-refractivity contribution in [3.63, 3.8) is 0 Å². The van der Waals surface area contributed by atoms with E-state index in [1.807, 2.05) is 0 Å². The number of nitrogens with zero attached hydrogens (tertiary/aromatic N) is 5. The molecular formula is C28H44ClN5O13P+. The van der Waals surface area contributed by atoms with Crippen LogP contribution < -0.4 is 4.90 Å². The Labute approximate surface area is 284 Å². The van der Waals surface area contributed by atoms with Gasteiger partial charge in [0, 0.05) is 39.0 Å². The molecule has 1 saturated heterocycles. The minimum absolute atomic E-state index is 0.000793. The Morgan fingerprint density at radius 2 is 1.81 bits per heavy atom. The molecule has 20 heteroatoms. The van der Waals surface area contributed by atoms with Gasteiger partial charge < -0.3 is 47.5 Å². The summed E-state index contributed by atoms with van der Waals surface area (Å²) in [4.78, 5) is 33.7. The van der Waals surface area contributed by atoms with Crippen molar-refractivity contribution in [2.45, 2.75) is 68.8 Å². The number of carbonyl (C=O) groups is 1. The molecule has 1 saturated carbocycles. The Kier molecular flexibility index (Phi) is 15.0. The number of aromatic nitrogens is 4. The standard InChI is InChI=1S/C28H43ClN5O13P/c1-6-42-26(35)28(14-38-2,47-48(36)37)46-13-21-23(45-17-41-5)22(44-16-40-4)20(12-43-21)34-25-19(11-30-34)24(31-27(29)32-25)33(15-39-3)18-9-7-8-10-18/h11,18,20-23H,6-10,12-17H2,1-5H3/p+1/t20-,21-,22-,23-,28?/m1/s1. The van der Waals surface area contributed by atoms with E-state index < -0.39 is 51.0 Å². The molecule has 0 amide bonds. The summed E-state index contributed by atoms with van der Waals surface area (Å²) < 4.78 is 68.9. The molecule has 0 spiro atoms. The monoisotopic (exact) mass is 724 g/mol. The minimum Gasteiger partial charge on any atom is -0.462 e. The van der Waals surface area contributed by atoms with Gasteiger partial charge in [-0.3, -0.25) is 0 Å². The van der Waals surface area contributed by atoms with Crippen molar-refractivity contribution < 1.29 is 61.4 Å². The molecule has 2 fully saturated rings. The van der Waals surface area contributed by atoms with Gasteiger partial charge in [0.15, 0.2) is 5.65 Å². The van der Waals surface area contributed by atoms with E-state index in [1.54, 1.807) is 24.9 Å². The molecule has 0 aromatic carbocycles. The third-order valence-corrected chi connectivity index (χ3v) is 8.58.